The van der Waals surface area contributed by atoms with Crippen molar-refractivity contribution in [1.29, 1.82) is 0 Å². The predicted octanol–water partition coefficient (Wildman–Crippen LogP) is 3.52. The molecule has 0 saturated carbocycles. The minimum Gasteiger partial charge on any atom is -0.383 e. The second-order valence-electron chi connectivity index (χ2n) is 6.71. The number of hydrogen-bond acceptors (Lipinski definition) is 4. The molecule has 4 aromatic rings. The molecule has 0 aliphatic rings. The van der Waals surface area contributed by atoms with Crippen molar-refractivity contribution >= 4 is 22.4 Å². The second-order valence-corrected chi connectivity index (χ2v) is 6.71. The van der Waals surface area contributed by atoms with Gasteiger partial charge in [0.05, 0.1) is 17.7 Å². The monoisotopic (exact) mass is 362 g/mol. The van der Waals surface area contributed by atoms with Crippen LogP contribution in [-0.4, -0.2) is 34.6 Å². The maximum Gasteiger partial charge on any atom is 0.258 e. The average molecular weight is 362 g/mol. The lowest BCUT2D eigenvalue weighted by Gasteiger charge is -2.09. The number of imidazole rings is 1. The molecule has 0 spiro atoms. The number of nitrogens with one attached hydrogen (secondary N) is 2. The van der Waals surface area contributed by atoms with Crippen molar-refractivity contribution in [3.63, 3.8) is 0 Å². The van der Waals surface area contributed by atoms with Gasteiger partial charge in [-0.15, -0.1) is 0 Å². The normalized spacial score (nSPS) is 11.4. The summed E-state index contributed by atoms with van der Waals surface area (Å²) in [5.74, 6) is 0.795. The van der Waals surface area contributed by atoms with Gasteiger partial charge in [-0.3, -0.25) is 9.20 Å². The van der Waals surface area contributed by atoms with E-state index >= 15 is 0 Å². The summed E-state index contributed by atoms with van der Waals surface area (Å²) in [5, 5.41) is 4.36. The van der Waals surface area contributed by atoms with Gasteiger partial charge in [-0.1, -0.05) is 24.3 Å². The molecule has 0 bridgehead atoms. The number of ether oxygens (including phenoxy) is 1. The van der Waals surface area contributed by atoms with Gasteiger partial charge in [0.1, 0.15) is 17.2 Å². The number of para-hydroxylation sites is 1. The number of nitrogens with zero attached hydrogens (tertiary/aromatic N) is 2. The van der Waals surface area contributed by atoms with Crippen LogP contribution in [0.25, 0.3) is 27.8 Å². The van der Waals surface area contributed by atoms with Crippen molar-refractivity contribution < 1.29 is 4.74 Å². The fraction of sp³-hybridized carbons (Fsp3) is 0.238. The number of anilines is 1. The number of aromatic amines is 1. The maximum atomic E-state index is 12.9. The van der Waals surface area contributed by atoms with Gasteiger partial charge in [0, 0.05) is 19.9 Å². The summed E-state index contributed by atoms with van der Waals surface area (Å²) in [4.78, 5) is 20.6. The van der Waals surface area contributed by atoms with Gasteiger partial charge in [-0.05, 0) is 42.5 Å². The van der Waals surface area contributed by atoms with Crippen LogP contribution in [0, 0.1) is 13.8 Å². The van der Waals surface area contributed by atoms with Gasteiger partial charge >= 0.3 is 0 Å². The van der Waals surface area contributed by atoms with Crippen molar-refractivity contribution in [1.82, 2.24) is 14.4 Å². The van der Waals surface area contributed by atoms with E-state index in [-0.39, 0.29) is 5.56 Å². The van der Waals surface area contributed by atoms with Crippen molar-refractivity contribution in [3.05, 3.63) is 64.1 Å². The Labute approximate surface area is 156 Å². The minimum atomic E-state index is -0.147. The summed E-state index contributed by atoms with van der Waals surface area (Å²) in [5.41, 5.74) is 4.85. The van der Waals surface area contributed by atoms with Gasteiger partial charge in [-0.2, -0.15) is 0 Å². The fourth-order valence-electron chi connectivity index (χ4n) is 3.34. The first-order valence-corrected chi connectivity index (χ1v) is 8.93. The molecule has 138 valence electrons. The third kappa shape index (κ3) is 3.08. The van der Waals surface area contributed by atoms with Crippen LogP contribution in [0.4, 0.5) is 5.82 Å². The van der Waals surface area contributed by atoms with Gasteiger partial charge in [-0.25, -0.2) is 4.98 Å². The molecule has 0 radical (unpaired) electrons. The summed E-state index contributed by atoms with van der Waals surface area (Å²) < 4.78 is 7.14. The molecule has 0 fully saturated rings. The van der Waals surface area contributed by atoms with Gasteiger partial charge in [0.2, 0.25) is 0 Å². The number of aromatic nitrogens is 3. The Balaban J connectivity index is 1.95. The highest BCUT2D eigenvalue weighted by molar-refractivity contribution is 5.87. The Morgan fingerprint density at radius 3 is 2.89 bits per heavy atom. The molecule has 0 aliphatic carbocycles. The molecule has 0 aliphatic heterocycles. The van der Waals surface area contributed by atoms with Crippen LogP contribution >= 0.6 is 0 Å². The molecule has 2 N–H and O–H groups in total. The maximum absolute atomic E-state index is 12.9. The minimum absolute atomic E-state index is 0.147. The average Bonchev–Trinajstić information content (AvgIpc) is 3.00. The van der Waals surface area contributed by atoms with Crippen LogP contribution in [0.5, 0.6) is 0 Å². The summed E-state index contributed by atoms with van der Waals surface area (Å²) >= 11 is 0. The second kappa shape index (κ2) is 6.89. The van der Waals surface area contributed by atoms with Crippen LogP contribution in [0.2, 0.25) is 0 Å². The molecule has 6 nitrogen and oxygen atoms in total. The lowest BCUT2D eigenvalue weighted by Crippen LogP contribution is -2.13. The zero-order valence-electron chi connectivity index (χ0n) is 15.7. The zero-order chi connectivity index (χ0) is 19.0. The predicted molar refractivity (Wildman–Crippen MR) is 109 cm³/mol. The molecule has 0 atom stereocenters. The summed E-state index contributed by atoms with van der Waals surface area (Å²) in [6, 6.07) is 11.9. The third-order valence-electron chi connectivity index (χ3n) is 4.71. The van der Waals surface area contributed by atoms with E-state index in [2.05, 4.69) is 10.3 Å². The highest BCUT2D eigenvalue weighted by atomic mass is 16.5. The number of hydrogen-bond donors (Lipinski definition) is 2. The number of methoxy groups -OCH3 is 1. The first-order chi connectivity index (χ1) is 13.1. The standard InChI is InChI=1S/C21H22N4O2/c1-13-7-8-17-23-19(20(25(17)12-13)22-9-10-27-3)16-11-15-6-4-5-14(2)18(15)24-21(16)26/h4-8,11-12,22H,9-10H2,1-3H3,(H,24,26). The number of H-pyrrole nitrogens is 1. The third-order valence-corrected chi connectivity index (χ3v) is 4.71. The molecular weight excluding hydrogens is 340 g/mol. The van der Waals surface area contributed by atoms with E-state index < -0.39 is 0 Å². The van der Waals surface area contributed by atoms with Crippen molar-refractivity contribution in [2.24, 2.45) is 0 Å². The zero-order valence-corrected chi connectivity index (χ0v) is 15.7. The molecule has 27 heavy (non-hydrogen) atoms. The van der Waals surface area contributed by atoms with Crippen LogP contribution in [0.1, 0.15) is 11.1 Å². The number of rotatable bonds is 5. The number of pyridine rings is 2. The Morgan fingerprint density at radius 2 is 2.07 bits per heavy atom. The Morgan fingerprint density at radius 1 is 1.22 bits per heavy atom. The highest BCUT2D eigenvalue weighted by Crippen LogP contribution is 2.29. The Hall–Kier alpha value is -3.12. The van der Waals surface area contributed by atoms with E-state index in [9.17, 15) is 4.79 Å². The molecule has 0 amide bonds. The molecule has 3 heterocycles. The summed E-state index contributed by atoms with van der Waals surface area (Å²) in [6.07, 6.45) is 2.01. The highest BCUT2D eigenvalue weighted by Gasteiger charge is 2.17. The molecule has 0 saturated heterocycles. The topological polar surface area (TPSA) is 71.4 Å². The van der Waals surface area contributed by atoms with Gasteiger partial charge < -0.3 is 15.0 Å². The number of aryl methyl sites for hydroxylation is 2. The lowest BCUT2D eigenvalue weighted by atomic mass is 10.1. The van der Waals surface area contributed by atoms with E-state index in [0.717, 1.165) is 33.5 Å². The van der Waals surface area contributed by atoms with Crippen LogP contribution in [-0.2, 0) is 4.74 Å². The Kier molecular flexibility index (Phi) is 4.41. The molecule has 6 heteroatoms. The quantitative estimate of drug-likeness (QED) is 0.533. The smallest absolute Gasteiger partial charge is 0.258 e. The largest absolute Gasteiger partial charge is 0.383 e. The first-order valence-electron chi connectivity index (χ1n) is 8.93. The van der Waals surface area contributed by atoms with Gasteiger partial charge in [0.15, 0.2) is 0 Å². The van der Waals surface area contributed by atoms with E-state index in [1.165, 1.54) is 0 Å². The summed E-state index contributed by atoms with van der Waals surface area (Å²) in [7, 11) is 1.66. The Bertz CT molecular complexity index is 1190. The first kappa shape index (κ1) is 17.3. The molecule has 4 rings (SSSR count). The fourth-order valence-corrected chi connectivity index (χ4v) is 3.34. The number of fused-ring (bicyclic) bond motifs is 2. The lowest BCUT2D eigenvalue weighted by molar-refractivity contribution is 0.210. The van der Waals surface area contributed by atoms with Crippen LogP contribution in [0.3, 0.4) is 0 Å². The van der Waals surface area contributed by atoms with Gasteiger partial charge in [0.25, 0.3) is 5.56 Å². The molecule has 0 unspecified atom stereocenters. The van der Waals surface area contributed by atoms with Crippen LogP contribution in [0.15, 0.2) is 47.4 Å². The van der Waals surface area contributed by atoms with Crippen molar-refractivity contribution in [3.8, 4) is 11.3 Å². The molecular formula is C21H22N4O2. The SMILES string of the molecule is COCCNc1c(-c2cc3cccc(C)c3[nH]c2=O)nc2ccc(C)cn12. The van der Waals surface area contributed by atoms with E-state index in [4.69, 9.17) is 9.72 Å². The van der Waals surface area contributed by atoms with Crippen molar-refractivity contribution in [2.75, 3.05) is 25.6 Å². The molecule has 1 aromatic carbocycles. The van der Waals surface area contributed by atoms with Crippen molar-refractivity contribution in [2.45, 2.75) is 13.8 Å². The van der Waals surface area contributed by atoms with E-state index in [1.54, 1.807) is 7.11 Å². The van der Waals surface area contributed by atoms with Crippen LogP contribution < -0.4 is 10.9 Å². The molecule has 3 aromatic heterocycles. The van der Waals surface area contributed by atoms with E-state index in [0.29, 0.717) is 24.4 Å². The summed E-state index contributed by atoms with van der Waals surface area (Å²) in [6.45, 7) is 5.20. The number of benzene rings is 1. The van der Waals surface area contributed by atoms with E-state index in [1.807, 2.05) is 60.8 Å².